The van der Waals surface area contributed by atoms with Crippen LogP contribution < -0.4 is 10.6 Å². The summed E-state index contributed by atoms with van der Waals surface area (Å²) in [5.41, 5.74) is 6.04. The fraction of sp³-hybridized carbons (Fsp3) is 0.357. The Balaban J connectivity index is 1.97. The van der Waals surface area contributed by atoms with E-state index in [1.54, 1.807) is 6.20 Å². The summed E-state index contributed by atoms with van der Waals surface area (Å²) in [5.74, 6) is -0.418. The standard InChI is InChI=1S/C14H17N3O3/c15-14(20)11-5-7-17(8-6-11)12-3-1-10(9-16-12)2-4-13(18)19/h1-4,9,11H,5-8H2,(H2,15,20)(H,18,19)/b4-2+. The number of rotatable bonds is 4. The fourth-order valence-corrected chi connectivity index (χ4v) is 2.24. The maximum absolute atomic E-state index is 11.1. The number of hydrogen-bond donors (Lipinski definition) is 2. The predicted octanol–water partition coefficient (Wildman–Crippen LogP) is 0.881. The monoisotopic (exact) mass is 275 g/mol. The summed E-state index contributed by atoms with van der Waals surface area (Å²) < 4.78 is 0. The van der Waals surface area contributed by atoms with Gasteiger partial charge in [-0.2, -0.15) is 0 Å². The van der Waals surface area contributed by atoms with Gasteiger partial charge in [-0.25, -0.2) is 9.78 Å². The molecule has 0 aliphatic carbocycles. The van der Waals surface area contributed by atoms with Gasteiger partial charge in [0, 0.05) is 31.3 Å². The van der Waals surface area contributed by atoms with Crippen LogP contribution in [0.4, 0.5) is 5.82 Å². The van der Waals surface area contributed by atoms with Gasteiger partial charge in [-0.3, -0.25) is 4.79 Å². The number of aromatic nitrogens is 1. The van der Waals surface area contributed by atoms with Crippen molar-refractivity contribution in [3.8, 4) is 0 Å². The van der Waals surface area contributed by atoms with Crippen molar-refractivity contribution in [1.29, 1.82) is 0 Å². The van der Waals surface area contributed by atoms with E-state index in [0.717, 1.165) is 43.4 Å². The Morgan fingerprint density at radius 1 is 1.35 bits per heavy atom. The summed E-state index contributed by atoms with van der Waals surface area (Å²) in [6, 6.07) is 3.67. The van der Waals surface area contributed by atoms with Gasteiger partial charge < -0.3 is 15.7 Å². The highest BCUT2D eigenvalue weighted by molar-refractivity contribution is 5.85. The summed E-state index contributed by atoms with van der Waals surface area (Å²) >= 11 is 0. The summed E-state index contributed by atoms with van der Waals surface area (Å²) in [6.45, 7) is 1.51. The molecule has 0 unspecified atom stereocenters. The van der Waals surface area contributed by atoms with Gasteiger partial charge in [0.2, 0.25) is 5.91 Å². The van der Waals surface area contributed by atoms with E-state index in [4.69, 9.17) is 10.8 Å². The third-order valence-electron chi connectivity index (χ3n) is 3.41. The third kappa shape index (κ3) is 3.57. The zero-order chi connectivity index (χ0) is 14.5. The molecule has 106 valence electrons. The molecule has 0 atom stereocenters. The number of amides is 1. The third-order valence-corrected chi connectivity index (χ3v) is 3.41. The van der Waals surface area contributed by atoms with Crippen molar-refractivity contribution in [3.63, 3.8) is 0 Å². The van der Waals surface area contributed by atoms with Crippen LogP contribution in [0.25, 0.3) is 6.08 Å². The van der Waals surface area contributed by atoms with Crippen LogP contribution in [0.15, 0.2) is 24.4 Å². The largest absolute Gasteiger partial charge is 0.478 e. The maximum Gasteiger partial charge on any atom is 0.328 e. The van der Waals surface area contributed by atoms with E-state index in [9.17, 15) is 9.59 Å². The number of anilines is 1. The molecule has 1 fully saturated rings. The zero-order valence-electron chi connectivity index (χ0n) is 11.0. The van der Waals surface area contributed by atoms with Crippen LogP contribution in [0.2, 0.25) is 0 Å². The Morgan fingerprint density at radius 2 is 2.05 bits per heavy atom. The van der Waals surface area contributed by atoms with Gasteiger partial charge in [-0.15, -0.1) is 0 Å². The molecule has 0 radical (unpaired) electrons. The minimum Gasteiger partial charge on any atom is -0.478 e. The van der Waals surface area contributed by atoms with E-state index < -0.39 is 5.97 Å². The zero-order valence-corrected chi connectivity index (χ0v) is 11.0. The van der Waals surface area contributed by atoms with E-state index in [2.05, 4.69) is 9.88 Å². The molecule has 0 aromatic carbocycles. The van der Waals surface area contributed by atoms with Crippen molar-refractivity contribution < 1.29 is 14.7 Å². The molecular weight excluding hydrogens is 258 g/mol. The van der Waals surface area contributed by atoms with Crippen LogP contribution in [0, 0.1) is 5.92 Å². The van der Waals surface area contributed by atoms with Crippen LogP contribution >= 0.6 is 0 Å². The fourth-order valence-electron chi connectivity index (χ4n) is 2.24. The first kappa shape index (κ1) is 14.0. The van der Waals surface area contributed by atoms with Crippen LogP contribution in [0.1, 0.15) is 18.4 Å². The highest BCUT2D eigenvalue weighted by Gasteiger charge is 2.23. The lowest BCUT2D eigenvalue weighted by atomic mass is 9.96. The summed E-state index contributed by atoms with van der Waals surface area (Å²) in [4.78, 5) is 27.9. The van der Waals surface area contributed by atoms with Crippen molar-refractivity contribution in [2.45, 2.75) is 12.8 Å². The van der Waals surface area contributed by atoms with Crippen LogP contribution in [-0.2, 0) is 9.59 Å². The highest BCUT2D eigenvalue weighted by atomic mass is 16.4. The number of hydrogen-bond acceptors (Lipinski definition) is 4. The van der Waals surface area contributed by atoms with Crippen LogP contribution in [-0.4, -0.2) is 35.1 Å². The van der Waals surface area contributed by atoms with Gasteiger partial charge in [-0.1, -0.05) is 0 Å². The maximum atomic E-state index is 11.1. The molecule has 20 heavy (non-hydrogen) atoms. The van der Waals surface area contributed by atoms with E-state index >= 15 is 0 Å². The molecule has 2 heterocycles. The second-order valence-electron chi connectivity index (χ2n) is 4.78. The van der Waals surface area contributed by atoms with Gasteiger partial charge >= 0.3 is 5.97 Å². The number of carbonyl (C=O) groups is 2. The average molecular weight is 275 g/mol. The number of nitrogens with two attached hydrogens (primary N) is 1. The molecule has 0 bridgehead atoms. The summed E-state index contributed by atoms with van der Waals surface area (Å²) in [6.07, 6.45) is 5.71. The summed E-state index contributed by atoms with van der Waals surface area (Å²) in [7, 11) is 0. The minimum atomic E-state index is -0.984. The number of pyridine rings is 1. The first-order chi connectivity index (χ1) is 9.56. The lowest BCUT2D eigenvalue weighted by Gasteiger charge is -2.31. The molecule has 6 heteroatoms. The number of piperidine rings is 1. The second-order valence-corrected chi connectivity index (χ2v) is 4.78. The molecule has 1 amide bonds. The summed E-state index contributed by atoms with van der Waals surface area (Å²) in [5, 5.41) is 8.55. The molecule has 0 saturated carbocycles. The lowest BCUT2D eigenvalue weighted by molar-refractivity contribution is -0.131. The van der Waals surface area contributed by atoms with Crippen molar-refractivity contribution in [2.24, 2.45) is 11.7 Å². The van der Waals surface area contributed by atoms with Gasteiger partial charge in [-0.05, 0) is 36.6 Å². The molecule has 1 aromatic rings. The second kappa shape index (κ2) is 6.18. The predicted molar refractivity (Wildman–Crippen MR) is 75.0 cm³/mol. The Bertz CT molecular complexity index is 517. The van der Waals surface area contributed by atoms with Crippen LogP contribution in [0.5, 0.6) is 0 Å². The quantitative estimate of drug-likeness (QED) is 0.795. The molecule has 1 aliphatic heterocycles. The first-order valence-corrected chi connectivity index (χ1v) is 6.47. The molecular formula is C14H17N3O3. The average Bonchev–Trinajstić information content (AvgIpc) is 2.46. The van der Waals surface area contributed by atoms with Crippen molar-refractivity contribution in [3.05, 3.63) is 30.0 Å². The SMILES string of the molecule is NC(=O)C1CCN(c2ccc(/C=C/C(=O)O)cn2)CC1. The van der Waals surface area contributed by atoms with Crippen molar-refractivity contribution in [1.82, 2.24) is 4.98 Å². The van der Waals surface area contributed by atoms with Gasteiger partial charge in [0.15, 0.2) is 0 Å². The van der Waals surface area contributed by atoms with Gasteiger partial charge in [0.05, 0.1) is 0 Å². The first-order valence-electron chi connectivity index (χ1n) is 6.47. The number of carbonyl (C=O) groups excluding carboxylic acids is 1. The number of carboxylic acids is 1. The Labute approximate surface area is 116 Å². The Morgan fingerprint density at radius 3 is 2.55 bits per heavy atom. The van der Waals surface area contributed by atoms with E-state index in [1.165, 1.54) is 6.08 Å². The smallest absolute Gasteiger partial charge is 0.328 e. The van der Waals surface area contributed by atoms with E-state index in [1.807, 2.05) is 12.1 Å². The van der Waals surface area contributed by atoms with Crippen molar-refractivity contribution >= 4 is 23.8 Å². The molecule has 3 N–H and O–H groups in total. The molecule has 1 saturated heterocycles. The van der Waals surface area contributed by atoms with Gasteiger partial charge in [0.25, 0.3) is 0 Å². The number of primary amides is 1. The molecule has 2 rings (SSSR count). The topological polar surface area (TPSA) is 96.5 Å². The highest BCUT2D eigenvalue weighted by Crippen LogP contribution is 2.21. The number of carboxylic acid groups (broad SMARTS) is 1. The molecule has 0 spiro atoms. The molecule has 1 aromatic heterocycles. The van der Waals surface area contributed by atoms with Crippen molar-refractivity contribution in [2.75, 3.05) is 18.0 Å². The normalized spacial score (nSPS) is 16.5. The van der Waals surface area contributed by atoms with Gasteiger partial charge in [0.1, 0.15) is 5.82 Å². The van der Waals surface area contributed by atoms with E-state index in [-0.39, 0.29) is 11.8 Å². The molecule has 1 aliphatic rings. The molecule has 6 nitrogen and oxygen atoms in total. The number of nitrogens with zero attached hydrogens (tertiary/aromatic N) is 2. The number of aliphatic carboxylic acids is 1. The Kier molecular flexibility index (Phi) is 4.34. The van der Waals surface area contributed by atoms with Crippen LogP contribution in [0.3, 0.4) is 0 Å². The lowest BCUT2D eigenvalue weighted by Crippen LogP contribution is -2.38. The Hall–Kier alpha value is -2.37. The minimum absolute atomic E-state index is 0.0379. The van der Waals surface area contributed by atoms with E-state index in [0.29, 0.717) is 0 Å².